The van der Waals surface area contributed by atoms with E-state index in [1.165, 1.54) is 30.4 Å². The summed E-state index contributed by atoms with van der Waals surface area (Å²) in [6.07, 6.45) is 14.3. The molecule has 0 aliphatic heterocycles. The molecule has 1 N–H and O–H groups in total. The number of carbonyl (C=O) groups excluding carboxylic acids is 1. The zero-order valence-electron chi connectivity index (χ0n) is 27.5. The van der Waals surface area contributed by atoms with Crippen molar-refractivity contribution in [3.05, 3.63) is 47.0 Å². The molecule has 0 radical (unpaired) electrons. The fourth-order valence-electron chi connectivity index (χ4n) is 12.2. The molecule has 41 heavy (non-hydrogen) atoms. The van der Waals surface area contributed by atoms with Gasteiger partial charge >= 0.3 is 0 Å². The molecule has 1 aromatic carbocycles. The number of Topliss-reactive ketones (excluding diaryl/α,β-unsaturated/α-hetero) is 1. The summed E-state index contributed by atoms with van der Waals surface area (Å²) in [5, 5.41) is 11.0. The molecule has 10 atom stereocenters. The first-order valence-corrected chi connectivity index (χ1v) is 17.2. The van der Waals surface area contributed by atoms with Crippen LogP contribution in [0.15, 0.2) is 35.9 Å². The van der Waals surface area contributed by atoms with Gasteiger partial charge in [-0.25, -0.2) is 0 Å². The molecule has 2 heteroatoms. The number of benzene rings is 1. The van der Waals surface area contributed by atoms with Gasteiger partial charge in [-0.1, -0.05) is 89.9 Å². The molecule has 0 heterocycles. The molecule has 4 saturated carbocycles. The van der Waals surface area contributed by atoms with Gasteiger partial charge in [-0.15, -0.1) is 0 Å². The maximum Gasteiger partial charge on any atom is 0.139 e. The van der Waals surface area contributed by atoms with Crippen molar-refractivity contribution >= 4 is 5.78 Å². The molecule has 1 aromatic rings. The number of aryl methyl sites for hydroxylation is 2. The Hall–Kier alpha value is -1.41. The van der Waals surface area contributed by atoms with Crippen LogP contribution in [0.5, 0.6) is 0 Å². The van der Waals surface area contributed by atoms with Crippen LogP contribution in [-0.2, 0) is 11.2 Å². The van der Waals surface area contributed by atoms with Crippen LogP contribution < -0.4 is 0 Å². The molecular formula is C39H58O2. The number of ketones is 1. The number of fused-ring (bicyclic) bond motifs is 7. The number of aliphatic hydroxyl groups excluding tert-OH is 1. The predicted octanol–water partition coefficient (Wildman–Crippen LogP) is 9.52. The van der Waals surface area contributed by atoms with Gasteiger partial charge in [0.25, 0.3) is 0 Å². The maximum atomic E-state index is 14.5. The first-order valence-electron chi connectivity index (χ1n) is 17.2. The van der Waals surface area contributed by atoms with Crippen LogP contribution in [-0.4, -0.2) is 17.0 Å². The maximum absolute atomic E-state index is 14.5. The first-order chi connectivity index (χ1) is 19.2. The molecule has 2 nitrogen and oxygen atoms in total. The minimum absolute atomic E-state index is 0.0157. The lowest BCUT2D eigenvalue weighted by molar-refractivity contribution is -0.204. The number of aliphatic hydroxyl groups is 1. The highest BCUT2D eigenvalue weighted by Crippen LogP contribution is 2.75. The van der Waals surface area contributed by atoms with Crippen LogP contribution in [0, 0.1) is 63.6 Å². The van der Waals surface area contributed by atoms with Crippen molar-refractivity contribution in [1.82, 2.24) is 0 Å². The van der Waals surface area contributed by atoms with Gasteiger partial charge in [-0.2, -0.15) is 0 Å². The van der Waals surface area contributed by atoms with E-state index in [9.17, 15) is 9.90 Å². The number of hydrogen-bond donors (Lipinski definition) is 1. The van der Waals surface area contributed by atoms with E-state index in [4.69, 9.17) is 0 Å². The first kappa shape index (κ1) is 29.7. The molecule has 5 aliphatic carbocycles. The molecule has 0 saturated heterocycles. The highest BCUT2D eigenvalue weighted by Gasteiger charge is 2.69. The summed E-state index contributed by atoms with van der Waals surface area (Å²) in [7, 11) is 0. The second-order valence-electron chi connectivity index (χ2n) is 17.1. The topological polar surface area (TPSA) is 37.3 Å². The van der Waals surface area contributed by atoms with Gasteiger partial charge in [0.2, 0.25) is 0 Å². The number of carbonyl (C=O) groups is 1. The van der Waals surface area contributed by atoms with Crippen LogP contribution in [0.3, 0.4) is 0 Å². The average Bonchev–Trinajstić information content (AvgIpc) is 2.93. The van der Waals surface area contributed by atoms with Crippen molar-refractivity contribution in [2.24, 2.45) is 56.7 Å². The lowest BCUT2D eigenvalue weighted by atomic mass is 9.33. The summed E-state index contributed by atoms with van der Waals surface area (Å²) in [6.45, 7) is 19.6. The van der Waals surface area contributed by atoms with Gasteiger partial charge in [-0.05, 0) is 128 Å². The van der Waals surface area contributed by atoms with E-state index in [1.807, 2.05) is 0 Å². The normalized spacial score (nSPS) is 46.8. The molecule has 0 spiro atoms. The second kappa shape index (κ2) is 9.80. The summed E-state index contributed by atoms with van der Waals surface area (Å²) in [5.74, 6) is 3.39. The minimum Gasteiger partial charge on any atom is -0.393 e. The van der Waals surface area contributed by atoms with Gasteiger partial charge in [0.15, 0.2) is 0 Å². The zero-order valence-corrected chi connectivity index (χ0v) is 27.5. The van der Waals surface area contributed by atoms with Gasteiger partial charge in [0.1, 0.15) is 5.78 Å². The van der Waals surface area contributed by atoms with Crippen molar-refractivity contribution in [3.8, 4) is 0 Å². The third-order valence-corrected chi connectivity index (χ3v) is 15.3. The van der Waals surface area contributed by atoms with Crippen molar-refractivity contribution in [1.29, 1.82) is 0 Å². The van der Waals surface area contributed by atoms with E-state index in [1.54, 1.807) is 5.57 Å². The van der Waals surface area contributed by atoms with Gasteiger partial charge in [0.05, 0.1) is 6.10 Å². The lowest BCUT2D eigenvalue weighted by Crippen LogP contribution is -2.65. The van der Waals surface area contributed by atoms with E-state index in [0.29, 0.717) is 41.8 Å². The average molecular weight is 559 g/mol. The standard InChI is InChI=1S/C39H58O2/c1-25-9-11-28(12-10-25)13-16-33(41)39-22-17-26(2)27(3)34(39)29-14-15-31-36(6)20-19-32(40)35(4,5)30(36)18-21-38(31,8)37(29,7)23-24-39/h9-12,14,26-27,30-32,34,40H,13,15-24H2,1-8H3/t26-,27+,30+,31-,32+,34+,36+,37-,38-,39-/m1/s1. The fraction of sp³-hybridized carbons (Fsp3) is 0.769. The molecule has 0 amide bonds. The Morgan fingerprint density at radius 2 is 1.59 bits per heavy atom. The Morgan fingerprint density at radius 1 is 0.878 bits per heavy atom. The van der Waals surface area contributed by atoms with Crippen LogP contribution in [0.2, 0.25) is 0 Å². The fourth-order valence-corrected chi connectivity index (χ4v) is 12.2. The molecule has 6 rings (SSSR count). The minimum atomic E-state index is -0.180. The molecule has 0 aromatic heterocycles. The third-order valence-electron chi connectivity index (χ3n) is 15.3. The Kier molecular flexibility index (Phi) is 7.09. The number of rotatable bonds is 4. The Labute approximate surface area is 251 Å². The smallest absolute Gasteiger partial charge is 0.139 e. The van der Waals surface area contributed by atoms with Crippen molar-refractivity contribution < 1.29 is 9.90 Å². The lowest BCUT2D eigenvalue weighted by Gasteiger charge is -2.71. The molecule has 5 aliphatic rings. The van der Waals surface area contributed by atoms with Gasteiger partial charge < -0.3 is 5.11 Å². The summed E-state index contributed by atoms with van der Waals surface area (Å²) in [5.41, 5.74) is 4.74. The number of allylic oxidation sites excluding steroid dienone is 2. The van der Waals surface area contributed by atoms with Crippen molar-refractivity contribution in [3.63, 3.8) is 0 Å². The van der Waals surface area contributed by atoms with Crippen LogP contribution >= 0.6 is 0 Å². The Morgan fingerprint density at radius 3 is 2.29 bits per heavy atom. The Balaban J connectivity index is 1.36. The van der Waals surface area contributed by atoms with E-state index in [2.05, 4.69) is 85.7 Å². The molecule has 0 unspecified atom stereocenters. The van der Waals surface area contributed by atoms with Gasteiger partial charge in [0, 0.05) is 11.8 Å². The van der Waals surface area contributed by atoms with Crippen LogP contribution in [0.4, 0.5) is 0 Å². The van der Waals surface area contributed by atoms with E-state index >= 15 is 0 Å². The Bertz CT molecular complexity index is 1210. The summed E-state index contributed by atoms with van der Waals surface area (Å²) < 4.78 is 0. The SMILES string of the molecule is Cc1ccc(CCC(=O)[C@]23CC[C@@H](C)[C@H](C)[C@H]2C2=CC[C@@H]4[C@@]5(C)CC[C@H](O)C(C)(C)[C@@H]5CC[C@@]4(C)[C@]2(C)CC3)cc1. The zero-order chi connectivity index (χ0) is 29.6. The largest absolute Gasteiger partial charge is 0.393 e. The van der Waals surface area contributed by atoms with E-state index in [-0.39, 0.29) is 33.2 Å². The van der Waals surface area contributed by atoms with Crippen LogP contribution in [0.25, 0.3) is 0 Å². The van der Waals surface area contributed by atoms with E-state index in [0.717, 1.165) is 44.9 Å². The molecule has 226 valence electrons. The molecular weight excluding hydrogens is 500 g/mol. The quantitative estimate of drug-likeness (QED) is 0.374. The third kappa shape index (κ3) is 4.08. The van der Waals surface area contributed by atoms with Crippen molar-refractivity contribution in [2.75, 3.05) is 0 Å². The predicted molar refractivity (Wildman–Crippen MR) is 169 cm³/mol. The summed E-state index contributed by atoms with van der Waals surface area (Å²) in [6, 6.07) is 8.80. The monoisotopic (exact) mass is 558 g/mol. The van der Waals surface area contributed by atoms with Crippen LogP contribution in [0.1, 0.15) is 124 Å². The molecule has 0 bridgehead atoms. The van der Waals surface area contributed by atoms with E-state index < -0.39 is 0 Å². The van der Waals surface area contributed by atoms with Crippen molar-refractivity contribution in [2.45, 2.75) is 132 Å². The highest BCUT2D eigenvalue weighted by molar-refractivity contribution is 5.86. The second-order valence-corrected chi connectivity index (χ2v) is 17.1. The molecule has 4 fully saturated rings. The van der Waals surface area contributed by atoms with Gasteiger partial charge in [-0.3, -0.25) is 4.79 Å². The highest BCUT2D eigenvalue weighted by atomic mass is 16.3. The number of hydrogen-bond acceptors (Lipinski definition) is 2. The summed E-state index contributed by atoms with van der Waals surface area (Å²) >= 11 is 0. The summed E-state index contributed by atoms with van der Waals surface area (Å²) in [4.78, 5) is 14.5.